The van der Waals surface area contributed by atoms with Gasteiger partial charge in [0.15, 0.2) is 0 Å². The first-order chi connectivity index (χ1) is 10.9. The van der Waals surface area contributed by atoms with Crippen molar-refractivity contribution in [3.63, 3.8) is 0 Å². The molecule has 1 aliphatic heterocycles. The van der Waals surface area contributed by atoms with Crippen molar-refractivity contribution < 1.29 is 17.9 Å². The average molecular weight is 340 g/mol. The van der Waals surface area contributed by atoms with Gasteiger partial charge in [-0.05, 0) is 43.5 Å². The third-order valence-corrected chi connectivity index (χ3v) is 5.19. The summed E-state index contributed by atoms with van der Waals surface area (Å²) in [4.78, 5) is 14.1. The smallest absolute Gasteiger partial charge is 0.232 e. The van der Waals surface area contributed by atoms with E-state index in [0.29, 0.717) is 11.4 Å². The molecule has 0 aromatic heterocycles. The molecule has 0 unspecified atom stereocenters. The Bertz CT molecular complexity index is 622. The third kappa shape index (κ3) is 4.86. The minimum atomic E-state index is -3.44. The normalized spacial score (nSPS) is 15.3. The monoisotopic (exact) mass is 340 g/mol. The zero-order chi connectivity index (χ0) is 16.9. The van der Waals surface area contributed by atoms with Gasteiger partial charge < -0.3 is 9.64 Å². The number of piperidine rings is 1. The molecule has 0 saturated carbocycles. The van der Waals surface area contributed by atoms with Gasteiger partial charge in [-0.2, -0.15) is 0 Å². The fourth-order valence-corrected chi connectivity index (χ4v) is 3.66. The van der Waals surface area contributed by atoms with Gasteiger partial charge in [0.05, 0.1) is 19.1 Å². The summed E-state index contributed by atoms with van der Waals surface area (Å²) in [6.45, 7) is 1.71. The van der Waals surface area contributed by atoms with Crippen LogP contribution < -0.4 is 9.04 Å². The Morgan fingerprint density at radius 2 is 1.78 bits per heavy atom. The van der Waals surface area contributed by atoms with E-state index in [9.17, 15) is 13.2 Å². The third-order valence-electron chi connectivity index (χ3n) is 4.00. The molecule has 128 valence electrons. The number of hydrogen-bond donors (Lipinski definition) is 0. The van der Waals surface area contributed by atoms with Crippen LogP contribution in [0.2, 0.25) is 0 Å². The molecule has 0 radical (unpaired) electrons. The van der Waals surface area contributed by atoms with Crippen LogP contribution in [-0.4, -0.2) is 52.2 Å². The minimum absolute atomic E-state index is 0.0202. The molecule has 1 heterocycles. The molecule has 1 fully saturated rings. The van der Waals surface area contributed by atoms with Crippen molar-refractivity contribution in [2.75, 3.05) is 37.3 Å². The predicted octanol–water partition coefficient (Wildman–Crippen LogP) is 1.86. The van der Waals surface area contributed by atoms with Crippen LogP contribution in [0, 0.1) is 0 Å². The molecule has 6 nitrogen and oxygen atoms in total. The van der Waals surface area contributed by atoms with Gasteiger partial charge in [0, 0.05) is 26.1 Å². The van der Waals surface area contributed by atoms with Crippen molar-refractivity contribution in [1.82, 2.24) is 4.90 Å². The molecule has 1 aliphatic rings. The van der Waals surface area contributed by atoms with Crippen LogP contribution >= 0.6 is 0 Å². The van der Waals surface area contributed by atoms with E-state index in [1.807, 2.05) is 4.90 Å². The summed E-state index contributed by atoms with van der Waals surface area (Å²) in [5.41, 5.74) is 0.541. The van der Waals surface area contributed by atoms with Crippen molar-refractivity contribution in [1.29, 1.82) is 0 Å². The topological polar surface area (TPSA) is 66.9 Å². The van der Waals surface area contributed by atoms with E-state index in [0.717, 1.165) is 38.6 Å². The van der Waals surface area contributed by atoms with Gasteiger partial charge in [-0.25, -0.2) is 8.42 Å². The van der Waals surface area contributed by atoms with Crippen LogP contribution in [0.5, 0.6) is 5.75 Å². The van der Waals surface area contributed by atoms with Gasteiger partial charge in [0.25, 0.3) is 0 Å². The number of ether oxygens (including phenoxy) is 1. The van der Waals surface area contributed by atoms with Crippen LogP contribution in [0.4, 0.5) is 5.69 Å². The quantitative estimate of drug-likeness (QED) is 0.793. The number of methoxy groups -OCH3 is 1. The molecule has 0 bridgehead atoms. The maximum atomic E-state index is 12.2. The van der Waals surface area contributed by atoms with Crippen molar-refractivity contribution >= 4 is 21.6 Å². The van der Waals surface area contributed by atoms with E-state index in [-0.39, 0.29) is 18.9 Å². The lowest BCUT2D eigenvalue weighted by atomic mass is 10.1. The Morgan fingerprint density at radius 1 is 1.17 bits per heavy atom. The highest BCUT2D eigenvalue weighted by Gasteiger charge is 2.21. The number of carbonyl (C=O) groups excluding carboxylic acids is 1. The molecule has 0 aliphatic carbocycles. The van der Waals surface area contributed by atoms with E-state index in [4.69, 9.17) is 4.74 Å². The van der Waals surface area contributed by atoms with E-state index in [1.54, 1.807) is 31.4 Å². The van der Waals surface area contributed by atoms with Crippen molar-refractivity contribution in [2.24, 2.45) is 0 Å². The van der Waals surface area contributed by atoms with Crippen LogP contribution in [0.25, 0.3) is 0 Å². The molecule has 0 N–H and O–H groups in total. The highest BCUT2D eigenvalue weighted by molar-refractivity contribution is 7.92. The fourth-order valence-electron chi connectivity index (χ4n) is 2.73. The molecule has 23 heavy (non-hydrogen) atoms. The lowest BCUT2D eigenvalue weighted by Gasteiger charge is -2.28. The highest BCUT2D eigenvalue weighted by Crippen LogP contribution is 2.22. The average Bonchev–Trinajstić information content (AvgIpc) is 2.55. The van der Waals surface area contributed by atoms with Gasteiger partial charge in [-0.3, -0.25) is 9.10 Å². The highest BCUT2D eigenvalue weighted by atomic mass is 32.2. The Labute approximate surface area is 138 Å². The molecule has 0 atom stereocenters. The number of amides is 1. The number of benzene rings is 1. The van der Waals surface area contributed by atoms with Crippen molar-refractivity contribution in [3.05, 3.63) is 24.3 Å². The van der Waals surface area contributed by atoms with Gasteiger partial charge in [-0.15, -0.1) is 0 Å². The number of carbonyl (C=O) groups is 1. The predicted molar refractivity (Wildman–Crippen MR) is 90.2 cm³/mol. The standard InChI is InChI=1S/C16H24N2O4S/c1-22-15-8-6-14(7-9-15)18(23(2,20)21)13-10-16(19)17-11-4-3-5-12-17/h6-9H,3-5,10-13H2,1-2H3. The summed E-state index contributed by atoms with van der Waals surface area (Å²) < 4.78 is 30.4. The molecule has 1 aromatic carbocycles. The molecule has 2 rings (SSSR count). The second-order valence-electron chi connectivity index (χ2n) is 5.72. The summed E-state index contributed by atoms with van der Waals surface area (Å²) in [5, 5.41) is 0. The number of hydrogen-bond acceptors (Lipinski definition) is 4. The van der Waals surface area contributed by atoms with E-state index in [1.165, 1.54) is 4.31 Å². The largest absolute Gasteiger partial charge is 0.497 e. The summed E-state index contributed by atoms with van der Waals surface area (Å²) >= 11 is 0. The van der Waals surface area contributed by atoms with E-state index >= 15 is 0 Å². The number of sulfonamides is 1. The summed E-state index contributed by atoms with van der Waals surface area (Å²) in [5.74, 6) is 0.679. The van der Waals surface area contributed by atoms with Crippen LogP contribution in [-0.2, 0) is 14.8 Å². The maximum absolute atomic E-state index is 12.2. The number of nitrogens with zero attached hydrogens (tertiary/aromatic N) is 2. The Morgan fingerprint density at radius 3 is 2.30 bits per heavy atom. The van der Waals surface area contributed by atoms with Crippen molar-refractivity contribution in [2.45, 2.75) is 25.7 Å². The first-order valence-corrected chi connectivity index (χ1v) is 9.66. The van der Waals surface area contributed by atoms with Crippen LogP contribution in [0.3, 0.4) is 0 Å². The molecular formula is C16H24N2O4S. The second-order valence-corrected chi connectivity index (χ2v) is 7.63. The Hall–Kier alpha value is -1.76. The molecular weight excluding hydrogens is 316 g/mol. The number of likely N-dealkylation sites (tertiary alicyclic amines) is 1. The molecule has 0 spiro atoms. The van der Waals surface area contributed by atoms with E-state index in [2.05, 4.69) is 0 Å². The first-order valence-electron chi connectivity index (χ1n) is 7.81. The van der Waals surface area contributed by atoms with Crippen LogP contribution in [0.1, 0.15) is 25.7 Å². The van der Waals surface area contributed by atoms with Gasteiger partial charge in [-0.1, -0.05) is 0 Å². The Balaban J connectivity index is 2.05. The molecule has 1 aromatic rings. The van der Waals surface area contributed by atoms with Gasteiger partial charge in [0.2, 0.25) is 15.9 Å². The van der Waals surface area contributed by atoms with Crippen molar-refractivity contribution in [3.8, 4) is 5.75 Å². The summed E-state index contributed by atoms with van der Waals surface area (Å²) in [6, 6.07) is 6.79. The lowest BCUT2D eigenvalue weighted by molar-refractivity contribution is -0.131. The summed E-state index contributed by atoms with van der Waals surface area (Å²) in [6.07, 6.45) is 4.56. The number of rotatable bonds is 6. The minimum Gasteiger partial charge on any atom is -0.497 e. The molecule has 1 saturated heterocycles. The van der Waals surface area contributed by atoms with Gasteiger partial charge >= 0.3 is 0 Å². The zero-order valence-corrected chi connectivity index (χ0v) is 14.5. The second kappa shape index (κ2) is 7.68. The Kier molecular flexibility index (Phi) is 5.87. The lowest BCUT2D eigenvalue weighted by Crippen LogP contribution is -2.39. The van der Waals surface area contributed by atoms with Gasteiger partial charge in [0.1, 0.15) is 5.75 Å². The van der Waals surface area contributed by atoms with Crippen LogP contribution in [0.15, 0.2) is 24.3 Å². The number of anilines is 1. The summed E-state index contributed by atoms with van der Waals surface area (Å²) in [7, 11) is -1.89. The van der Waals surface area contributed by atoms with E-state index < -0.39 is 10.0 Å². The zero-order valence-electron chi connectivity index (χ0n) is 13.7. The SMILES string of the molecule is COc1ccc(N(CCC(=O)N2CCCCC2)S(C)(=O)=O)cc1. The molecule has 1 amide bonds. The fraction of sp³-hybridized carbons (Fsp3) is 0.562. The maximum Gasteiger partial charge on any atom is 0.232 e. The first kappa shape index (κ1) is 17.6. The molecule has 7 heteroatoms.